The molecule has 1 atom stereocenters. The zero-order valence-corrected chi connectivity index (χ0v) is 16.6. The third-order valence-electron chi connectivity index (χ3n) is 4.89. The molecule has 1 N–H and O–H groups in total. The van der Waals surface area contributed by atoms with Gasteiger partial charge in [-0.1, -0.05) is 48.0 Å². The smallest absolute Gasteiger partial charge is 0.278 e. The highest BCUT2D eigenvalue weighted by molar-refractivity contribution is 6.30. The van der Waals surface area contributed by atoms with Crippen LogP contribution in [-0.4, -0.2) is 44.6 Å². The molecule has 1 aliphatic heterocycles. The van der Waals surface area contributed by atoms with Crippen LogP contribution in [0.3, 0.4) is 0 Å². The first-order chi connectivity index (χ1) is 13.1. The van der Waals surface area contributed by atoms with Gasteiger partial charge in [0.15, 0.2) is 6.54 Å². The number of methoxy groups -OCH3 is 1. The number of amides is 1. The van der Waals surface area contributed by atoms with Gasteiger partial charge in [-0.05, 0) is 35.8 Å². The number of carbonyl (C=O) groups is 1. The average molecular weight is 386 g/mol. The van der Waals surface area contributed by atoms with E-state index in [1.54, 1.807) is 7.11 Å². The molecular formula is C22H26ClN2O2+. The first kappa shape index (κ1) is 19.5. The van der Waals surface area contributed by atoms with E-state index in [1.165, 1.54) is 11.1 Å². The molecule has 142 valence electrons. The highest BCUT2D eigenvalue weighted by atomic mass is 35.5. The number of likely N-dealkylation sites (N-methyl/N-ethyl adjacent to an activating group) is 1. The van der Waals surface area contributed by atoms with E-state index in [9.17, 15) is 4.79 Å². The van der Waals surface area contributed by atoms with E-state index in [2.05, 4.69) is 30.3 Å². The Labute approximate surface area is 166 Å². The Bertz CT molecular complexity index is 820. The number of nitrogens with zero attached hydrogens (tertiary/aromatic N) is 1. The van der Waals surface area contributed by atoms with Crippen LogP contribution < -0.4 is 9.64 Å². The van der Waals surface area contributed by atoms with Crippen molar-refractivity contribution >= 4 is 23.1 Å². The number of hydrogen-bond acceptors (Lipinski definition) is 2. The fourth-order valence-electron chi connectivity index (χ4n) is 3.45. The summed E-state index contributed by atoms with van der Waals surface area (Å²) >= 11 is 6.10. The van der Waals surface area contributed by atoms with Gasteiger partial charge in [0.2, 0.25) is 0 Å². The van der Waals surface area contributed by atoms with Crippen molar-refractivity contribution in [2.24, 2.45) is 0 Å². The average Bonchev–Trinajstić information content (AvgIpc) is 2.69. The summed E-state index contributed by atoms with van der Waals surface area (Å²) in [5.74, 6) is 0.983. The molecule has 2 aromatic rings. The van der Waals surface area contributed by atoms with Crippen LogP contribution >= 0.6 is 11.6 Å². The molecule has 1 aliphatic rings. The fraction of sp³-hybridized carbons (Fsp3) is 0.318. The number of carbonyl (C=O) groups excluding carboxylic acids is 1. The SMILES string of the molecule is COc1ccc(Cl)cc1C[NH+](C)CC(=O)N1CC=C(c2ccccc2)CC1. The van der Waals surface area contributed by atoms with Gasteiger partial charge in [-0.25, -0.2) is 0 Å². The van der Waals surface area contributed by atoms with Crippen molar-refractivity contribution in [3.8, 4) is 5.75 Å². The Morgan fingerprint density at radius 3 is 2.67 bits per heavy atom. The van der Waals surface area contributed by atoms with Crippen LogP contribution in [0.2, 0.25) is 5.02 Å². The van der Waals surface area contributed by atoms with E-state index >= 15 is 0 Å². The van der Waals surface area contributed by atoms with Gasteiger partial charge in [0.1, 0.15) is 12.3 Å². The van der Waals surface area contributed by atoms with E-state index in [0.29, 0.717) is 24.7 Å². The first-order valence-corrected chi connectivity index (χ1v) is 9.60. The number of rotatable bonds is 6. The molecule has 0 saturated carbocycles. The lowest BCUT2D eigenvalue weighted by molar-refractivity contribution is -0.885. The monoisotopic (exact) mass is 385 g/mol. The number of ether oxygens (including phenoxy) is 1. The third-order valence-corrected chi connectivity index (χ3v) is 5.13. The quantitative estimate of drug-likeness (QED) is 0.829. The molecule has 1 amide bonds. The molecule has 3 rings (SSSR count). The molecule has 0 aliphatic carbocycles. The summed E-state index contributed by atoms with van der Waals surface area (Å²) in [6, 6.07) is 16.0. The molecule has 0 saturated heterocycles. The zero-order chi connectivity index (χ0) is 19.2. The summed E-state index contributed by atoms with van der Waals surface area (Å²) in [4.78, 5) is 15.7. The van der Waals surface area contributed by atoms with Crippen molar-refractivity contribution in [1.29, 1.82) is 0 Å². The number of hydrogen-bond donors (Lipinski definition) is 1. The van der Waals surface area contributed by atoms with Gasteiger partial charge < -0.3 is 14.5 Å². The van der Waals surface area contributed by atoms with Gasteiger partial charge in [0, 0.05) is 23.7 Å². The standard InChI is InChI=1S/C22H25ClN2O2/c1-24(15-19-14-20(23)8-9-21(19)27-2)16-22(26)25-12-10-18(11-13-25)17-6-4-3-5-7-17/h3-10,14H,11-13,15-16H2,1-2H3/p+1. The van der Waals surface area contributed by atoms with Crippen molar-refractivity contribution in [3.63, 3.8) is 0 Å². The van der Waals surface area contributed by atoms with Crippen LogP contribution in [0.1, 0.15) is 17.5 Å². The van der Waals surface area contributed by atoms with Crippen LogP contribution in [0.25, 0.3) is 5.57 Å². The molecule has 2 aromatic carbocycles. The molecule has 0 aromatic heterocycles. The Morgan fingerprint density at radius 2 is 2.00 bits per heavy atom. The van der Waals surface area contributed by atoms with Gasteiger partial charge in [0.05, 0.1) is 14.2 Å². The van der Waals surface area contributed by atoms with Crippen molar-refractivity contribution in [1.82, 2.24) is 4.90 Å². The zero-order valence-electron chi connectivity index (χ0n) is 15.9. The molecule has 5 heteroatoms. The van der Waals surface area contributed by atoms with Gasteiger partial charge in [-0.3, -0.25) is 4.79 Å². The second kappa shape index (κ2) is 9.07. The summed E-state index contributed by atoms with van der Waals surface area (Å²) in [5, 5.41) is 0.680. The Morgan fingerprint density at radius 1 is 1.22 bits per heavy atom. The fourth-order valence-corrected chi connectivity index (χ4v) is 3.65. The van der Waals surface area contributed by atoms with Crippen molar-refractivity contribution < 1.29 is 14.4 Å². The third kappa shape index (κ3) is 5.12. The Hall–Kier alpha value is -2.30. The highest BCUT2D eigenvalue weighted by Crippen LogP contribution is 2.23. The van der Waals surface area contributed by atoms with Crippen LogP contribution in [0, 0.1) is 0 Å². The van der Waals surface area contributed by atoms with Crippen LogP contribution in [0.4, 0.5) is 0 Å². The lowest BCUT2D eigenvalue weighted by Crippen LogP contribution is -3.08. The minimum atomic E-state index is 0.178. The van der Waals surface area contributed by atoms with E-state index in [1.807, 2.05) is 36.2 Å². The number of benzene rings is 2. The minimum Gasteiger partial charge on any atom is -0.496 e. The van der Waals surface area contributed by atoms with Crippen LogP contribution in [0.5, 0.6) is 5.75 Å². The van der Waals surface area contributed by atoms with Crippen molar-refractivity contribution in [3.05, 3.63) is 70.8 Å². The maximum Gasteiger partial charge on any atom is 0.278 e. The van der Waals surface area contributed by atoms with Gasteiger partial charge in [-0.15, -0.1) is 0 Å². The molecule has 0 bridgehead atoms. The molecule has 4 nitrogen and oxygen atoms in total. The van der Waals surface area contributed by atoms with Crippen LogP contribution in [-0.2, 0) is 11.3 Å². The maximum absolute atomic E-state index is 12.7. The molecule has 1 unspecified atom stereocenters. The summed E-state index contributed by atoms with van der Waals surface area (Å²) in [5.41, 5.74) is 3.59. The number of quaternary nitrogens is 1. The lowest BCUT2D eigenvalue weighted by Gasteiger charge is -2.27. The molecule has 0 fully saturated rings. The normalized spacial score (nSPS) is 15.2. The van der Waals surface area contributed by atoms with E-state index in [0.717, 1.165) is 29.2 Å². The minimum absolute atomic E-state index is 0.178. The predicted octanol–water partition coefficient (Wildman–Crippen LogP) is 2.68. The maximum atomic E-state index is 12.7. The topological polar surface area (TPSA) is 34.0 Å². The molecule has 1 heterocycles. The van der Waals surface area contributed by atoms with Crippen LogP contribution in [0.15, 0.2) is 54.6 Å². The first-order valence-electron chi connectivity index (χ1n) is 9.22. The largest absolute Gasteiger partial charge is 0.496 e. The molecule has 0 spiro atoms. The Balaban J connectivity index is 1.56. The predicted molar refractivity (Wildman–Crippen MR) is 109 cm³/mol. The summed E-state index contributed by atoms with van der Waals surface area (Å²) in [6.45, 7) is 2.59. The summed E-state index contributed by atoms with van der Waals surface area (Å²) < 4.78 is 5.40. The second-order valence-electron chi connectivity index (χ2n) is 6.95. The number of halogens is 1. The van der Waals surface area contributed by atoms with E-state index in [-0.39, 0.29) is 5.91 Å². The van der Waals surface area contributed by atoms with Crippen molar-refractivity contribution in [2.75, 3.05) is 33.8 Å². The second-order valence-corrected chi connectivity index (χ2v) is 7.39. The molecule has 27 heavy (non-hydrogen) atoms. The van der Waals surface area contributed by atoms with E-state index < -0.39 is 0 Å². The Kier molecular flexibility index (Phi) is 6.54. The van der Waals surface area contributed by atoms with E-state index in [4.69, 9.17) is 16.3 Å². The summed E-state index contributed by atoms with van der Waals surface area (Å²) in [7, 11) is 3.67. The van der Waals surface area contributed by atoms with Gasteiger partial charge in [0.25, 0.3) is 5.91 Å². The van der Waals surface area contributed by atoms with Gasteiger partial charge >= 0.3 is 0 Å². The molecule has 0 radical (unpaired) electrons. The lowest BCUT2D eigenvalue weighted by atomic mass is 9.99. The molecular weight excluding hydrogens is 360 g/mol. The van der Waals surface area contributed by atoms with Gasteiger partial charge in [-0.2, -0.15) is 0 Å². The highest BCUT2D eigenvalue weighted by Gasteiger charge is 2.21. The van der Waals surface area contributed by atoms with Crippen molar-refractivity contribution in [2.45, 2.75) is 13.0 Å². The number of nitrogens with one attached hydrogen (secondary N) is 1. The summed E-state index contributed by atoms with van der Waals surface area (Å²) in [6.07, 6.45) is 3.07.